The number of benzene rings is 1. The zero-order valence-corrected chi connectivity index (χ0v) is 13.5. The van der Waals surface area contributed by atoms with Crippen LogP contribution in [0, 0.1) is 0 Å². The topological polar surface area (TPSA) is 33.7 Å². The zero-order valence-electron chi connectivity index (χ0n) is 13.5. The molecular formula is C17H28N2O2. The minimum absolute atomic E-state index is 0.703. The molecule has 1 N–H and O–H groups in total. The fourth-order valence-corrected chi connectivity index (χ4v) is 2.97. The number of hydrogen-bond donors (Lipinski definition) is 1. The van der Waals surface area contributed by atoms with E-state index >= 15 is 0 Å². The molecule has 0 bridgehead atoms. The van der Waals surface area contributed by atoms with Gasteiger partial charge in [0.15, 0.2) is 0 Å². The fourth-order valence-electron chi connectivity index (χ4n) is 2.97. The van der Waals surface area contributed by atoms with Crippen molar-refractivity contribution in [1.82, 2.24) is 10.2 Å². The molecule has 21 heavy (non-hydrogen) atoms. The lowest BCUT2D eigenvalue weighted by molar-refractivity contribution is 0.150. The normalized spacial score (nSPS) is 22.3. The van der Waals surface area contributed by atoms with E-state index in [0.29, 0.717) is 12.1 Å². The highest BCUT2D eigenvalue weighted by atomic mass is 16.5. The average molecular weight is 292 g/mol. The standard InChI is InChI=1S/C17H28N2O2/c1-18-14-4-6-15(7-5-14)19(2)12-13-21-17-10-8-16(20-3)9-11-17/h8-11,14-15,18H,4-7,12-13H2,1-3H3. The Bertz CT molecular complexity index is 400. The first-order chi connectivity index (χ1) is 10.2. The maximum absolute atomic E-state index is 5.80. The number of rotatable bonds is 7. The summed E-state index contributed by atoms with van der Waals surface area (Å²) in [6, 6.07) is 9.18. The molecule has 1 aromatic rings. The molecule has 0 spiro atoms. The first kappa shape index (κ1) is 16.1. The van der Waals surface area contributed by atoms with E-state index < -0.39 is 0 Å². The van der Waals surface area contributed by atoms with Crippen molar-refractivity contribution in [2.75, 3.05) is 34.4 Å². The molecule has 1 aliphatic rings. The van der Waals surface area contributed by atoms with Crippen molar-refractivity contribution in [1.29, 1.82) is 0 Å². The fraction of sp³-hybridized carbons (Fsp3) is 0.647. The SMILES string of the molecule is CNC1CCC(N(C)CCOc2ccc(OC)cc2)CC1. The molecule has 2 rings (SSSR count). The molecule has 0 heterocycles. The smallest absolute Gasteiger partial charge is 0.119 e. The van der Waals surface area contributed by atoms with E-state index in [1.165, 1.54) is 25.7 Å². The van der Waals surface area contributed by atoms with E-state index in [-0.39, 0.29) is 0 Å². The molecule has 1 aliphatic carbocycles. The van der Waals surface area contributed by atoms with Gasteiger partial charge in [-0.1, -0.05) is 0 Å². The monoisotopic (exact) mass is 292 g/mol. The van der Waals surface area contributed by atoms with E-state index in [4.69, 9.17) is 9.47 Å². The average Bonchev–Trinajstić information content (AvgIpc) is 2.55. The Morgan fingerprint density at radius 2 is 1.71 bits per heavy atom. The number of methoxy groups -OCH3 is 1. The van der Waals surface area contributed by atoms with Gasteiger partial charge in [0.2, 0.25) is 0 Å². The number of nitrogens with one attached hydrogen (secondary N) is 1. The van der Waals surface area contributed by atoms with Gasteiger partial charge in [-0.2, -0.15) is 0 Å². The Balaban J connectivity index is 1.68. The van der Waals surface area contributed by atoms with Crippen LogP contribution < -0.4 is 14.8 Å². The van der Waals surface area contributed by atoms with Crippen LogP contribution in [-0.2, 0) is 0 Å². The van der Waals surface area contributed by atoms with Crippen LogP contribution in [0.4, 0.5) is 0 Å². The second kappa shape index (κ2) is 8.25. The number of nitrogens with zero attached hydrogens (tertiary/aromatic N) is 1. The van der Waals surface area contributed by atoms with Crippen LogP contribution in [0.25, 0.3) is 0 Å². The number of hydrogen-bond acceptors (Lipinski definition) is 4. The van der Waals surface area contributed by atoms with Gasteiger partial charge >= 0.3 is 0 Å². The molecule has 4 heteroatoms. The minimum atomic E-state index is 0.703. The van der Waals surface area contributed by atoms with Gasteiger partial charge in [-0.15, -0.1) is 0 Å². The molecule has 1 saturated carbocycles. The lowest BCUT2D eigenvalue weighted by Crippen LogP contribution is -2.41. The van der Waals surface area contributed by atoms with Gasteiger partial charge in [0.1, 0.15) is 18.1 Å². The molecule has 0 amide bonds. The van der Waals surface area contributed by atoms with Crippen molar-refractivity contribution in [3.05, 3.63) is 24.3 Å². The van der Waals surface area contributed by atoms with Crippen LogP contribution in [0.5, 0.6) is 11.5 Å². The third-order valence-corrected chi connectivity index (χ3v) is 4.50. The maximum Gasteiger partial charge on any atom is 0.119 e. The first-order valence-electron chi connectivity index (χ1n) is 7.87. The molecule has 1 fully saturated rings. The molecular weight excluding hydrogens is 264 g/mol. The summed E-state index contributed by atoms with van der Waals surface area (Å²) >= 11 is 0. The second-order valence-corrected chi connectivity index (χ2v) is 5.80. The third kappa shape index (κ3) is 4.90. The van der Waals surface area contributed by atoms with Crippen LogP contribution in [0.2, 0.25) is 0 Å². The van der Waals surface area contributed by atoms with Gasteiger partial charge in [-0.25, -0.2) is 0 Å². The van der Waals surface area contributed by atoms with E-state index in [1.807, 2.05) is 24.3 Å². The van der Waals surface area contributed by atoms with Crippen molar-refractivity contribution >= 4 is 0 Å². The maximum atomic E-state index is 5.80. The summed E-state index contributed by atoms with van der Waals surface area (Å²) in [7, 11) is 5.95. The highest BCUT2D eigenvalue weighted by Crippen LogP contribution is 2.22. The number of ether oxygens (including phenoxy) is 2. The molecule has 0 atom stereocenters. The lowest BCUT2D eigenvalue weighted by Gasteiger charge is -2.34. The molecule has 4 nitrogen and oxygen atoms in total. The summed E-state index contributed by atoms with van der Waals surface area (Å²) in [6.45, 7) is 1.70. The summed E-state index contributed by atoms with van der Waals surface area (Å²) in [5.41, 5.74) is 0. The van der Waals surface area contributed by atoms with Crippen molar-refractivity contribution < 1.29 is 9.47 Å². The summed E-state index contributed by atoms with van der Waals surface area (Å²) in [5, 5.41) is 3.38. The largest absolute Gasteiger partial charge is 0.497 e. The van der Waals surface area contributed by atoms with Crippen LogP contribution in [0.15, 0.2) is 24.3 Å². The number of likely N-dealkylation sites (N-methyl/N-ethyl adjacent to an activating group) is 1. The van der Waals surface area contributed by atoms with Crippen LogP contribution in [0.3, 0.4) is 0 Å². The highest BCUT2D eigenvalue weighted by molar-refractivity contribution is 5.31. The van der Waals surface area contributed by atoms with Crippen molar-refractivity contribution in [3.8, 4) is 11.5 Å². The van der Waals surface area contributed by atoms with Crippen molar-refractivity contribution in [3.63, 3.8) is 0 Å². The molecule has 0 aromatic heterocycles. The highest BCUT2D eigenvalue weighted by Gasteiger charge is 2.22. The molecule has 0 radical (unpaired) electrons. The zero-order chi connectivity index (χ0) is 15.1. The minimum Gasteiger partial charge on any atom is -0.497 e. The summed E-state index contributed by atoms with van der Waals surface area (Å²) in [6.07, 6.45) is 5.13. The van der Waals surface area contributed by atoms with Gasteiger partial charge in [0, 0.05) is 18.6 Å². The third-order valence-electron chi connectivity index (χ3n) is 4.50. The summed E-state index contributed by atoms with van der Waals surface area (Å²) in [4.78, 5) is 2.44. The van der Waals surface area contributed by atoms with E-state index in [9.17, 15) is 0 Å². The van der Waals surface area contributed by atoms with Gasteiger partial charge in [-0.3, -0.25) is 0 Å². The first-order valence-corrected chi connectivity index (χ1v) is 7.87. The van der Waals surface area contributed by atoms with Crippen LogP contribution >= 0.6 is 0 Å². The van der Waals surface area contributed by atoms with E-state index in [2.05, 4.69) is 24.3 Å². The van der Waals surface area contributed by atoms with Gasteiger partial charge < -0.3 is 19.7 Å². The van der Waals surface area contributed by atoms with Crippen molar-refractivity contribution in [2.45, 2.75) is 37.8 Å². The van der Waals surface area contributed by atoms with E-state index in [0.717, 1.165) is 24.7 Å². The van der Waals surface area contributed by atoms with Crippen LogP contribution in [0.1, 0.15) is 25.7 Å². The Morgan fingerprint density at radius 1 is 1.10 bits per heavy atom. The predicted molar refractivity (Wildman–Crippen MR) is 86.2 cm³/mol. The van der Waals surface area contributed by atoms with Gasteiger partial charge in [0.25, 0.3) is 0 Å². The second-order valence-electron chi connectivity index (χ2n) is 5.80. The predicted octanol–water partition coefficient (Wildman–Crippen LogP) is 2.54. The molecule has 0 saturated heterocycles. The summed E-state index contributed by atoms with van der Waals surface area (Å²) in [5.74, 6) is 1.77. The molecule has 0 unspecified atom stereocenters. The lowest BCUT2D eigenvalue weighted by atomic mass is 9.90. The summed E-state index contributed by atoms with van der Waals surface area (Å²) < 4.78 is 10.9. The Hall–Kier alpha value is -1.26. The van der Waals surface area contributed by atoms with Gasteiger partial charge in [-0.05, 0) is 64.0 Å². The Kier molecular flexibility index (Phi) is 6.33. The van der Waals surface area contributed by atoms with E-state index in [1.54, 1.807) is 7.11 Å². The van der Waals surface area contributed by atoms with Crippen LogP contribution in [-0.4, -0.2) is 51.3 Å². The quantitative estimate of drug-likeness (QED) is 0.837. The molecule has 0 aliphatic heterocycles. The molecule has 118 valence electrons. The van der Waals surface area contributed by atoms with Gasteiger partial charge in [0.05, 0.1) is 7.11 Å². The van der Waals surface area contributed by atoms with Crippen molar-refractivity contribution in [2.24, 2.45) is 0 Å². The Morgan fingerprint density at radius 3 is 2.29 bits per heavy atom. The molecule has 1 aromatic carbocycles. The Labute approximate surface area is 128 Å².